The van der Waals surface area contributed by atoms with Crippen LogP contribution in [-0.4, -0.2) is 59.2 Å². The normalized spacial score (nSPS) is 28.3. The van der Waals surface area contributed by atoms with Crippen molar-refractivity contribution in [1.29, 1.82) is 0 Å². The first-order valence-corrected chi connectivity index (χ1v) is 10.4. The summed E-state index contributed by atoms with van der Waals surface area (Å²) in [4.78, 5) is 30.1. The predicted molar refractivity (Wildman–Crippen MR) is 110 cm³/mol. The molecule has 3 aliphatic rings. The Bertz CT molecular complexity index is 1060. The number of rotatable bonds is 6. The van der Waals surface area contributed by atoms with Crippen LogP contribution in [0.3, 0.4) is 0 Å². The molecule has 31 heavy (non-hydrogen) atoms. The molecular weight excluding hydrogens is 398 g/mol. The van der Waals surface area contributed by atoms with Crippen LogP contribution < -0.4 is 4.74 Å². The molecule has 0 unspecified atom stereocenters. The quantitative estimate of drug-likeness (QED) is 0.660. The van der Waals surface area contributed by atoms with Crippen LogP contribution in [0, 0.1) is 18.8 Å². The van der Waals surface area contributed by atoms with Crippen molar-refractivity contribution in [2.24, 2.45) is 11.8 Å². The summed E-state index contributed by atoms with van der Waals surface area (Å²) in [5.41, 5.74) is 1.01. The summed E-state index contributed by atoms with van der Waals surface area (Å²) >= 11 is 0. The molecule has 8 nitrogen and oxygen atoms in total. The highest BCUT2D eigenvalue weighted by atomic mass is 16.5. The second kappa shape index (κ2) is 7.23. The van der Waals surface area contributed by atoms with Gasteiger partial charge in [-0.1, -0.05) is 29.4 Å². The highest BCUT2D eigenvalue weighted by Gasteiger charge is 2.67. The molecule has 8 heteroatoms. The van der Waals surface area contributed by atoms with Crippen molar-refractivity contribution >= 4 is 11.8 Å². The van der Waals surface area contributed by atoms with E-state index in [0.717, 1.165) is 17.0 Å². The molecule has 4 heterocycles. The molecule has 3 aliphatic heterocycles. The number of methoxy groups -OCH3 is 1. The van der Waals surface area contributed by atoms with E-state index in [0.29, 0.717) is 25.4 Å². The van der Waals surface area contributed by atoms with Gasteiger partial charge in [0.1, 0.15) is 11.4 Å². The number of carbonyl (C=O) groups is 2. The number of aromatic nitrogens is 1. The van der Waals surface area contributed by atoms with E-state index < -0.39 is 17.4 Å². The summed E-state index contributed by atoms with van der Waals surface area (Å²) in [6.07, 6.45) is 3.52. The van der Waals surface area contributed by atoms with E-state index in [2.05, 4.69) is 5.16 Å². The Hall–Kier alpha value is -3.13. The number of hydrogen-bond donors (Lipinski definition) is 0. The number of nitrogens with zero attached hydrogens (tertiary/aromatic N) is 3. The van der Waals surface area contributed by atoms with Gasteiger partial charge in [-0.3, -0.25) is 9.59 Å². The second-order valence-electron chi connectivity index (χ2n) is 8.57. The first-order valence-electron chi connectivity index (χ1n) is 10.4. The summed E-state index contributed by atoms with van der Waals surface area (Å²) in [5.74, 6) is 0.141. The molecular formula is C23H25N3O5. The number of benzene rings is 1. The molecule has 0 N–H and O–H groups in total. The van der Waals surface area contributed by atoms with Gasteiger partial charge in [0.15, 0.2) is 5.76 Å². The Morgan fingerprint density at radius 2 is 2.23 bits per heavy atom. The summed E-state index contributed by atoms with van der Waals surface area (Å²) in [6, 6.07) is 9.46. The van der Waals surface area contributed by atoms with Gasteiger partial charge < -0.3 is 23.8 Å². The van der Waals surface area contributed by atoms with Crippen LogP contribution in [0.15, 0.2) is 47.0 Å². The van der Waals surface area contributed by atoms with Crippen LogP contribution in [0.1, 0.15) is 17.0 Å². The average Bonchev–Trinajstić information content (AvgIpc) is 3.50. The second-order valence-corrected chi connectivity index (χ2v) is 8.57. The van der Waals surface area contributed by atoms with Gasteiger partial charge in [0, 0.05) is 19.7 Å². The standard InChI is InChI=1S/C23H25N3O5/c1-14-9-17(31-24-14)12-25(2)21(27)19-18-7-8-23(30-18)13-26(22(28)20(19)23)11-15-5-4-6-16(10-15)29-3/h4-10,18-20H,11-13H2,1-3H3/t18-,19+,20-,23-/m0/s1. The third-order valence-corrected chi connectivity index (χ3v) is 6.42. The zero-order valence-electron chi connectivity index (χ0n) is 17.8. The molecule has 2 aromatic rings. The van der Waals surface area contributed by atoms with Gasteiger partial charge in [-0.25, -0.2) is 0 Å². The summed E-state index contributed by atoms with van der Waals surface area (Å²) < 4.78 is 16.8. The molecule has 0 aliphatic carbocycles. The van der Waals surface area contributed by atoms with Gasteiger partial charge >= 0.3 is 0 Å². The molecule has 0 radical (unpaired) electrons. The maximum Gasteiger partial charge on any atom is 0.230 e. The number of fused-ring (bicyclic) bond motifs is 1. The lowest BCUT2D eigenvalue weighted by atomic mass is 9.76. The molecule has 2 saturated heterocycles. The lowest BCUT2D eigenvalue weighted by molar-refractivity contribution is -0.143. The third-order valence-electron chi connectivity index (χ3n) is 6.42. The zero-order chi connectivity index (χ0) is 21.8. The van der Waals surface area contributed by atoms with Gasteiger partial charge in [-0.15, -0.1) is 0 Å². The van der Waals surface area contributed by atoms with Crippen LogP contribution in [0.4, 0.5) is 0 Å². The third kappa shape index (κ3) is 3.22. The fourth-order valence-electron chi connectivity index (χ4n) is 5.04. The van der Waals surface area contributed by atoms with E-state index in [1.165, 1.54) is 0 Å². The highest BCUT2D eigenvalue weighted by Crippen LogP contribution is 2.52. The van der Waals surface area contributed by atoms with Crippen molar-refractivity contribution in [2.75, 3.05) is 20.7 Å². The van der Waals surface area contributed by atoms with Crippen LogP contribution in [0.2, 0.25) is 0 Å². The molecule has 5 rings (SSSR count). The molecule has 4 atom stereocenters. The fraction of sp³-hybridized carbons (Fsp3) is 0.435. The monoisotopic (exact) mass is 423 g/mol. The Labute approximate surface area is 180 Å². The molecule has 1 aromatic heterocycles. The molecule has 2 fully saturated rings. The number of ether oxygens (including phenoxy) is 2. The Morgan fingerprint density at radius 1 is 1.39 bits per heavy atom. The van der Waals surface area contributed by atoms with Gasteiger partial charge in [0.25, 0.3) is 0 Å². The van der Waals surface area contributed by atoms with Gasteiger partial charge in [0.05, 0.1) is 43.8 Å². The van der Waals surface area contributed by atoms with Crippen molar-refractivity contribution in [2.45, 2.75) is 31.7 Å². The topological polar surface area (TPSA) is 85.1 Å². The minimum absolute atomic E-state index is 0.0445. The largest absolute Gasteiger partial charge is 0.497 e. The number of amides is 2. The fourth-order valence-corrected chi connectivity index (χ4v) is 5.04. The van der Waals surface area contributed by atoms with E-state index in [4.69, 9.17) is 14.0 Å². The summed E-state index contributed by atoms with van der Waals surface area (Å²) in [5, 5.41) is 3.87. The van der Waals surface area contributed by atoms with Gasteiger partial charge in [-0.2, -0.15) is 0 Å². The van der Waals surface area contributed by atoms with Crippen molar-refractivity contribution in [3.63, 3.8) is 0 Å². The first kappa shape index (κ1) is 19.8. The number of aryl methyl sites for hydroxylation is 1. The lowest BCUT2D eigenvalue weighted by Crippen LogP contribution is -2.44. The molecule has 2 amide bonds. The minimum Gasteiger partial charge on any atom is -0.497 e. The van der Waals surface area contributed by atoms with E-state index in [-0.39, 0.29) is 17.9 Å². The average molecular weight is 423 g/mol. The molecule has 0 saturated carbocycles. The van der Waals surface area contributed by atoms with E-state index >= 15 is 0 Å². The van der Waals surface area contributed by atoms with Crippen molar-refractivity contribution in [3.05, 3.63) is 59.5 Å². The zero-order valence-corrected chi connectivity index (χ0v) is 17.8. The Balaban J connectivity index is 1.35. The first-order chi connectivity index (χ1) is 14.9. The molecule has 162 valence electrons. The van der Waals surface area contributed by atoms with Gasteiger partial charge in [0.2, 0.25) is 11.8 Å². The number of hydrogen-bond acceptors (Lipinski definition) is 6. The number of likely N-dealkylation sites (tertiary alicyclic amines) is 1. The smallest absolute Gasteiger partial charge is 0.230 e. The molecule has 1 aromatic carbocycles. The molecule has 2 bridgehead atoms. The highest BCUT2D eigenvalue weighted by molar-refractivity contribution is 5.93. The maximum atomic E-state index is 13.4. The van der Waals surface area contributed by atoms with E-state index in [1.54, 1.807) is 30.0 Å². The SMILES string of the molecule is COc1cccc(CN2C[C@]34C=C[C@H](O3)[C@@H](C(=O)N(C)Cc3cc(C)no3)[C@H]4C2=O)c1. The summed E-state index contributed by atoms with van der Waals surface area (Å²) in [7, 11) is 3.34. The van der Waals surface area contributed by atoms with Crippen LogP contribution in [-0.2, 0) is 27.4 Å². The van der Waals surface area contributed by atoms with E-state index in [1.807, 2.05) is 43.3 Å². The van der Waals surface area contributed by atoms with E-state index in [9.17, 15) is 9.59 Å². The number of carbonyl (C=O) groups excluding carboxylic acids is 2. The van der Waals surface area contributed by atoms with Crippen LogP contribution in [0.5, 0.6) is 5.75 Å². The Morgan fingerprint density at radius 3 is 2.97 bits per heavy atom. The maximum absolute atomic E-state index is 13.4. The van der Waals surface area contributed by atoms with Gasteiger partial charge in [-0.05, 0) is 24.6 Å². The summed E-state index contributed by atoms with van der Waals surface area (Å²) in [6.45, 7) is 3.02. The molecule has 1 spiro atoms. The minimum atomic E-state index is -0.732. The van der Waals surface area contributed by atoms with Crippen LogP contribution >= 0.6 is 0 Å². The Kier molecular flexibility index (Phi) is 4.62. The van der Waals surface area contributed by atoms with Crippen molar-refractivity contribution in [3.8, 4) is 5.75 Å². The van der Waals surface area contributed by atoms with Crippen LogP contribution in [0.25, 0.3) is 0 Å². The predicted octanol–water partition coefficient (Wildman–Crippen LogP) is 1.93. The lowest BCUT2D eigenvalue weighted by Gasteiger charge is -2.27. The van der Waals surface area contributed by atoms with Crippen molar-refractivity contribution < 1.29 is 23.6 Å². The van der Waals surface area contributed by atoms with Crippen molar-refractivity contribution in [1.82, 2.24) is 15.0 Å².